The first-order valence-corrected chi connectivity index (χ1v) is 5.42. The lowest BCUT2D eigenvalue weighted by Gasteiger charge is -2.11. The van der Waals surface area contributed by atoms with Crippen LogP contribution >= 0.6 is 23.2 Å². The molecule has 0 spiro atoms. The number of hydrogen-bond acceptors (Lipinski definition) is 4. The normalized spacial score (nSPS) is 19.8. The van der Waals surface area contributed by atoms with Crippen LogP contribution in [0.15, 0.2) is 18.2 Å². The molecule has 7 heteroatoms. The molecule has 4 N–H and O–H groups in total. The van der Waals surface area contributed by atoms with Gasteiger partial charge in [-0.3, -0.25) is 4.79 Å². The minimum atomic E-state index is -0.338. The fraction of sp³-hybridized carbons (Fsp3) is 0.222. The van der Waals surface area contributed by atoms with Crippen LogP contribution in [0, 0.1) is 0 Å². The van der Waals surface area contributed by atoms with Crippen molar-refractivity contribution < 1.29 is 4.79 Å². The fourth-order valence-corrected chi connectivity index (χ4v) is 1.65. The Hall–Kier alpha value is -0.850. The molecular weight excluding hydrogens is 251 g/mol. The van der Waals surface area contributed by atoms with Gasteiger partial charge in [0, 0.05) is 11.6 Å². The highest BCUT2D eigenvalue weighted by molar-refractivity contribution is 6.35. The van der Waals surface area contributed by atoms with Gasteiger partial charge < -0.3 is 5.32 Å². The third-order valence-electron chi connectivity index (χ3n) is 2.14. The number of anilines is 1. The van der Waals surface area contributed by atoms with E-state index in [0.717, 1.165) is 0 Å². The molecule has 0 saturated carbocycles. The number of carbonyl (C=O) groups excluding carboxylic acids is 1. The number of nitrogens with one attached hydrogen (secondary N) is 4. The summed E-state index contributed by atoms with van der Waals surface area (Å²) in [5, 5.41) is 3.67. The summed E-state index contributed by atoms with van der Waals surface area (Å²) in [4.78, 5) is 11.7. The lowest BCUT2D eigenvalue weighted by molar-refractivity contribution is -0.117. The van der Waals surface area contributed by atoms with Crippen LogP contribution in [0.25, 0.3) is 0 Å². The van der Waals surface area contributed by atoms with Crippen molar-refractivity contribution in [1.29, 1.82) is 0 Å². The number of amides is 1. The Morgan fingerprint density at radius 2 is 2.25 bits per heavy atom. The summed E-state index contributed by atoms with van der Waals surface area (Å²) in [6.07, 6.45) is 0. The monoisotopic (exact) mass is 260 g/mol. The molecule has 1 aromatic rings. The lowest BCUT2D eigenvalue weighted by Crippen LogP contribution is -2.41. The van der Waals surface area contributed by atoms with Crippen molar-refractivity contribution in [1.82, 2.24) is 16.4 Å². The number of hydrazine groups is 2. The number of benzene rings is 1. The van der Waals surface area contributed by atoms with Crippen molar-refractivity contribution in [3.8, 4) is 0 Å². The number of halogens is 2. The van der Waals surface area contributed by atoms with E-state index in [1.54, 1.807) is 18.2 Å². The standard InChI is InChI=1S/C9H10Cl2N4O/c10-5-1-2-6(11)7(3-5)13-9(16)8-4-12-15-14-8/h1-3,8,12,14-15H,4H2,(H,13,16). The second-order valence-electron chi connectivity index (χ2n) is 3.32. The molecular formula is C9H10Cl2N4O. The first-order valence-electron chi connectivity index (χ1n) is 4.66. The van der Waals surface area contributed by atoms with Gasteiger partial charge in [0.15, 0.2) is 0 Å². The summed E-state index contributed by atoms with van der Waals surface area (Å²) in [6.45, 7) is 0.504. The first-order chi connectivity index (χ1) is 7.66. The highest BCUT2D eigenvalue weighted by Crippen LogP contribution is 2.25. The molecule has 0 aromatic heterocycles. The third kappa shape index (κ3) is 2.63. The molecule has 1 saturated heterocycles. The van der Waals surface area contributed by atoms with Crippen LogP contribution in [0.4, 0.5) is 5.69 Å². The lowest BCUT2D eigenvalue weighted by atomic mass is 10.2. The highest BCUT2D eigenvalue weighted by Gasteiger charge is 2.22. The summed E-state index contributed by atoms with van der Waals surface area (Å²) in [6, 6.07) is 4.57. The Morgan fingerprint density at radius 1 is 1.44 bits per heavy atom. The maximum atomic E-state index is 11.7. The smallest absolute Gasteiger partial charge is 0.244 e. The van der Waals surface area contributed by atoms with Crippen LogP contribution < -0.4 is 21.7 Å². The molecule has 1 atom stereocenters. The number of rotatable bonds is 2. The molecule has 1 aliphatic heterocycles. The molecule has 86 valence electrons. The van der Waals surface area contributed by atoms with Gasteiger partial charge in [-0.05, 0) is 18.2 Å². The molecule has 1 amide bonds. The summed E-state index contributed by atoms with van der Waals surface area (Å²) in [5.41, 5.74) is 8.70. The minimum Gasteiger partial charge on any atom is -0.323 e. The second kappa shape index (κ2) is 4.99. The predicted octanol–water partition coefficient (Wildman–Crippen LogP) is 0.913. The van der Waals surface area contributed by atoms with E-state index >= 15 is 0 Å². The van der Waals surface area contributed by atoms with Crippen LogP contribution in [0.1, 0.15) is 0 Å². The zero-order valence-electron chi connectivity index (χ0n) is 8.18. The van der Waals surface area contributed by atoms with Gasteiger partial charge >= 0.3 is 0 Å². The van der Waals surface area contributed by atoms with Crippen molar-refractivity contribution in [2.24, 2.45) is 0 Å². The zero-order chi connectivity index (χ0) is 11.5. The van der Waals surface area contributed by atoms with Gasteiger partial charge in [-0.1, -0.05) is 23.2 Å². The van der Waals surface area contributed by atoms with Gasteiger partial charge in [0.05, 0.1) is 10.7 Å². The largest absolute Gasteiger partial charge is 0.323 e. The van der Waals surface area contributed by atoms with E-state index in [1.165, 1.54) is 0 Å². The topological polar surface area (TPSA) is 65.2 Å². The SMILES string of the molecule is O=C(Nc1cc(Cl)ccc1Cl)C1CNNN1. The summed E-state index contributed by atoms with van der Waals surface area (Å²) in [7, 11) is 0. The first kappa shape index (κ1) is 11.6. The van der Waals surface area contributed by atoms with Crippen molar-refractivity contribution in [3.63, 3.8) is 0 Å². The molecule has 1 aromatic carbocycles. The van der Waals surface area contributed by atoms with Crippen LogP contribution in [0.2, 0.25) is 10.0 Å². The van der Waals surface area contributed by atoms with Crippen molar-refractivity contribution in [3.05, 3.63) is 28.2 Å². The molecule has 16 heavy (non-hydrogen) atoms. The summed E-state index contributed by atoms with van der Waals surface area (Å²) in [5.74, 6) is -0.179. The average molecular weight is 261 g/mol. The van der Waals surface area contributed by atoms with Crippen molar-refractivity contribution in [2.75, 3.05) is 11.9 Å². The predicted molar refractivity (Wildman–Crippen MR) is 63.2 cm³/mol. The molecule has 1 aliphatic rings. The molecule has 0 aliphatic carbocycles. The van der Waals surface area contributed by atoms with Gasteiger partial charge in [0.1, 0.15) is 6.04 Å². The van der Waals surface area contributed by atoms with Crippen LogP contribution in [0.5, 0.6) is 0 Å². The molecule has 5 nitrogen and oxygen atoms in total. The average Bonchev–Trinajstić information content (AvgIpc) is 2.76. The minimum absolute atomic E-state index is 0.179. The van der Waals surface area contributed by atoms with E-state index in [4.69, 9.17) is 23.2 Å². The van der Waals surface area contributed by atoms with E-state index < -0.39 is 0 Å². The van der Waals surface area contributed by atoms with Gasteiger partial charge in [0.2, 0.25) is 5.91 Å². The van der Waals surface area contributed by atoms with Gasteiger partial charge in [-0.2, -0.15) is 5.53 Å². The van der Waals surface area contributed by atoms with E-state index in [-0.39, 0.29) is 11.9 Å². The maximum absolute atomic E-state index is 11.7. The molecule has 0 radical (unpaired) electrons. The quantitative estimate of drug-likeness (QED) is 0.639. The van der Waals surface area contributed by atoms with E-state index in [1.807, 2.05) is 0 Å². The second-order valence-corrected chi connectivity index (χ2v) is 4.16. The molecule has 1 unspecified atom stereocenters. The van der Waals surface area contributed by atoms with E-state index in [9.17, 15) is 4.79 Å². The molecule has 2 rings (SSSR count). The van der Waals surface area contributed by atoms with Crippen LogP contribution in [-0.4, -0.2) is 18.5 Å². The van der Waals surface area contributed by atoms with Crippen LogP contribution in [-0.2, 0) is 4.79 Å². The highest BCUT2D eigenvalue weighted by atomic mass is 35.5. The van der Waals surface area contributed by atoms with E-state index in [0.29, 0.717) is 22.3 Å². The Bertz CT molecular complexity index is 406. The summed E-state index contributed by atoms with van der Waals surface area (Å²) >= 11 is 11.7. The van der Waals surface area contributed by atoms with E-state index in [2.05, 4.69) is 21.7 Å². The Kier molecular flexibility index (Phi) is 3.63. The molecule has 0 bridgehead atoms. The van der Waals surface area contributed by atoms with Gasteiger partial charge in [-0.15, -0.1) is 0 Å². The third-order valence-corrected chi connectivity index (χ3v) is 2.71. The van der Waals surface area contributed by atoms with Crippen LogP contribution in [0.3, 0.4) is 0 Å². The zero-order valence-corrected chi connectivity index (χ0v) is 9.69. The van der Waals surface area contributed by atoms with Gasteiger partial charge in [-0.25, -0.2) is 10.9 Å². The fourth-order valence-electron chi connectivity index (χ4n) is 1.31. The number of carbonyl (C=O) groups is 1. The summed E-state index contributed by atoms with van der Waals surface area (Å²) < 4.78 is 0. The number of hydrogen-bond donors (Lipinski definition) is 4. The Balaban J connectivity index is 2.07. The van der Waals surface area contributed by atoms with Gasteiger partial charge in [0.25, 0.3) is 0 Å². The molecule has 1 heterocycles. The maximum Gasteiger partial charge on any atom is 0.244 e. The van der Waals surface area contributed by atoms with Crippen molar-refractivity contribution in [2.45, 2.75) is 6.04 Å². The molecule has 1 fully saturated rings. The Labute approximate surface area is 102 Å². The van der Waals surface area contributed by atoms with Crippen molar-refractivity contribution >= 4 is 34.8 Å². The Morgan fingerprint density at radius 3 is 2.94 bits per heavy atom.